The number of fused-ring (bicyclic) bond motifs is 1. The summed E-state index contributed by atoms with van der Waals surface area (Å²) in [5.74, 6) is -2.67. The Balaban J connectivity index is 1.96. The van der Waals surface area contributed by atoms with Crippen LogP contribution in [-0.4, -0.2) is 86.9 Å². The lowest BCUT2D eigenvalue weighted by Gasteiger charge is -2.12. The Hall–Kier alpha value is -3.27. The summed E-state index contributed by atoms with van der Waals surface area (Å²) in [7, 11) is 4.63. The average Bonchev–Trinajstić information content (AvgIpc) is 2.94. The van der Waals surface area contributed by atoms with Gasteiger partial charge in [0.2, 0.25) is 5.91 Å². The quantitative estimate of drug-likeness (QED) is 0.339. The maximum Gasteiger partial charge on any atom is 0.338 e. The number of likely N-dealkylation sites (N-methyl/N-ethyl adjacent to an activating group) is 1. The van der Waals surface area contributed by atoms with Crippen LogP contribution < -0.4 is 5.32 Å². The Morgan fingerprint density at radius 2 is 1.79 bits per heavy atom. The van der Waals surface area contributed by atoms with Gasteiger partial charge in [0.25, 0.3) is 17.7 Å². The Kier molecular flexibility index (Phi) is 7.43. The van der Waals surface area contributed by atoms with Gasteiger partial charge in [-0.25, -0.2) is 4.79 Å². The van der Waals surface area contributed by atoms with Gasteiger partial charge in [-0.05, 0) is 24.6 Å². The van der Waals surface area contributed by atoms with Gasteiger partial charge in [-0.1, -0.05) is 0 Å². The van der Waals surface area contributed by atoms with E-state index in [0.29, 0.717) is 13.0 Å². The summed E-state index contributed by atoms with van der Waals surface area (Å²) in [5.41, 5.74) is 0.368. The summed E-state index contributed by atoms with van der Waals surface area (Å²) < 4.78 is 9.83. The number of amides is 4. The standard InChI is InChI=1S/C19H23N3O7/c1-21(2)16(24)10-20-15(23)11-29-19(27)12-5-6-13-14(9-12)18(26)22(17(13)25)7-4-8-28-3/h5-6,9H,4,7-8,10-11H2,1-3H3,(H,20,23). The van der Waals surface area contributed by atoms with Crippen LogP contribution in [0.1, 0.15) is 37.5 Å². The van der Waals surface area contributed by atoms with Gasteiger partial charge < -0.3 is 19.7 Å². The summed E-state index contributed by atoms with van der Waals surface area (Å²) >= 11 is 0. The van der Waals surface area contributed by atoms with Crippen molar-refractivity contribution >= 4 is 29.6 Å². The number of imide groups is 1. The lowest BCUT2D eigenvalue weighted by atomic mass is 10.1. The van der Waals surface area contributed by atoms with Crippen molar-refractivity contribution in [3.05, 3.63) is 34.9 Å². The van der Waals surface area contributed by atoms with E-state index in [9.17, 15) is 24.0 Å². The van der Waals surface area contributed by atoms with E-state index in [-0.39, 0.29) is 35.7 Å². The van der Waals surface area contributed by atoms with Crippen LogP contribution in [-0.2, 0) is 19.1 Å². The number of esters is 1. The van der Waals surface area contributed by atoms with Gasteiger partial charge >= 0.3 is 5.97 Å². The average molecular weight is 405 g/mol. The van der Waals surface area contributed by atoms with E-state index in [1.165, 1.54) is 30.2 Å². The number of nitrogens with zero attached hydrogens (tertiary/aromatic N) is 2. The molecule has 2 rings (SSSR count). The Morgan fingerprint density at radius 1 is 1.10 bits per heavy atom. The largest absolute Gasteiger partial charge is 0.452 e. The second-order valence-electron chi connectivity index (χ2n) is 6.51. The first-order valence-electron chi connectivity index (χ1n) is 8.89. The second kappa shape index (κ2) is 9.78. The van der Waals surface area contributed by atoms with Crippen molar-refractivity contribution < 1.29 is 33.4 Å². The van der Waals surface area contributed by atoms with E-state index in [1.54, 1.807) is 14.1 Å². The van der Waals surface area contributed by atoms with Gasteiger partial charge in [0, 0.05) is 34.4 Å². The lowest BCUT2D eigenvalue weighted by molar-refractivity contribution is -0.131. The van der Waals surface area contributed by atoms with Crippen LogP contribution in [0, 0.1) is 0 Å². The normalized spacial score (nSPS) is 12.6. The molecule has 0 unspecified atom stereocenters. The third-order valence-corrected chi connectivity index (χ3v) is 4.21. The summed E-state index contributed by atoms with van der Waals surface area (Å²) in [4.78, 5) is 62.5. The summed E-state index contributed by atoms with van der Waals surface area (Å²) in [6, 6.07) is 4.03. The molecule has 4 amide bonds. The van der Waals surface area contributed by atoms with Gasteiger partial charge in [0.1, 0.15) is 0 Å². The topological polar surface area (TPSA) is 122 Å². The van der Waals surface area contributed by atoms with Crippen LogP contribution >= 0.6 is 0 Å². The molecule has 0 saturated heterocycles. The highest BCUT2D eigenvalue weighted by molar-refractivity contribution is 6.22. The highest BCUT2D eigenvalue weighted by Gasteiger charge is 2.35. The van der Waals surface area contributed by atoms with Crippen LogP contribution in [0.3, 0.4) is 0 Å². The summed E-state index contributed by atoms with van der Waals surface area (Å²) in [6.45, 7) is -0.163. The molecular formula is C19H23N3O7. The van der Waals surface area contributed by atoms with Crippen LogP contribution in [0.4, 0.5) is 0 Å². The zero-order chi connectivity index (χ0) is 21.6. The molecule has 1 heterocycles. The van der Waals surface area contributed by atoms with Crippen LogP contribution in [0.5, 0.6) is 0 Å². The van der Waals surface area contributed by atoms with E-state index in [0.717, 1.165) is 4.90 Å². The summed E-state index contributed by atoms with van der Waals surface area (Å²) in [5, 5.41) is 2.33. The molecule has 10 nitrogen and oxygen atoms in total. The van der Waals surface area contributed by atoms with Gasteiger partial charge in [0.05, 0.1) is 23.2 Å². The molecular weight excluding hydrogens is 382 g/mol. The minimum Gasteiger partial charge on any atom is -0.452 e. The summed E-state index contributed by atoms with van der Waals surface area (Å²) in [6.07, 6.45) is 0.502. The third kappa shape index (κ3) is 5.38. The van der Waals surface area contributed by atoms with Crippen molar-refractivity contribution in [2.45, 2.75) is 6.42 Å². The molecule has 0 radical (unpaired) electrons. The zero-order valence-electron chi connectivity index (χ0n) is 16.5. The van der Waals surface area contributed by atoms with Crippen molar-refractivity contribution in [3.8, 4) is 0 Å². The molecule has 1 aromatic carbocycles. The number of carbonyl (C=O) groups excluding carboxylic acids is 5. The number of hydrogen-bond donors (Lipinski definition) is 1. The molecule has 29 heavy (non-hydrogen) atoms. The number of carbonyl (C=O) groups is 5. The van der Waals surface area contributed by atoms with E-state index in [1.807, 2.05) is 0 Å². The first-order valence-corrected chi connectivity index (χ1v) is 8.89. The maximum absolute atomic E-state index is 12.5. The fourth-order valence-electron chi connectivity index (χ4n) is 2.59. The van der Waals surface area contributed by atoms with Crippen molar-refractivity contribution in [2.75, 3.05) is 47.5 Å². The first-order chi connectivity index (χ1) is 13.8. The SMILES string of the molecule is COCCCN1C(=O)c2ccc(C(=O)OCC(=O)NCC(=O)N(C)C)cc2C1=O. The molecule has 0 saturated carbocycles. The smallest absolute Gasteiger partial charge is 0.338 e. The van der Waals surface area contributed by atoms with Crippen LogP contribution in [0.15, 0.2) is 18.2 Å². The minimum atomic E-state index is -0.819. The predicted molar refractivity (Wildman–Crippen MR) is 100 cm³/mol. The fourth-order valence-corrected chi connectivity index (χ4v) is 2.59. The molecule has 0 fully saturated rings. The Morgan fingerprint density at radius 3 is 2.45 bits per heavy atom. The zero-order valence-corrected chi connectivity index (χ0v) is 16.5. The molecule has 1 aliphatic rings. The molecule has 1 N–H and O–H groups in total. The second-order valence-corrected chi connectivity index (χ2v) is 6.51. The van der Waals surface area contributed by atoms with Gasteiger partial charge in [0.15, 0.2) is 6.61 Å². The molecule has 156 valence electrons. The number of ether oxygens (including phenoxy) is 2. The lowest BCUT2D eigenvalue weighted by Crippen LogP contribution is -2.38. The van der Waals surface area contributed by atoms with E-state index < -0.39 is 30.3 Å². The number of hydrogen-bond acceptors (Lipinski definition) is 7. The molecule has 1 aromatic rings. The number of benzene rings is 1. The van der Waals surface area contributed by atoms with Crippen molar-refractivity contribution in [3.63, 3.8) is 0 Å². The molecule has 0 atom stereocenters. The first kappa shape index (κ1) is 22.0. The van der Waals surface area contributed by atoms with Crippen molar-refractivity contribution in [1.82, 2.24) is 15.1 Å². The van der Waals surface area contributed by atoms with E-state index >= 15 is 0 Å². The highest BCUT2D eigenvalue weighted by atomic mass is 16.5. The van der Waals surface area contributed by atoms with E-state index in [2.05, 4.69) is 5.32 Å². The van der Waals surface area contributed by atoms with Crippen LogP contribution in [0.25, 0.3) is 0 Å². The van der Waals surface area contributed by atoms with E-state index in [4.69, 9.17) is 9.47 Å². The molecule has 1 aliphatic heterocycles. The minimum absolute atomic E-state index is 0.0424. The number of nitrogens with one attached hydrogen (secondary N) is 1. The fraction of sp³-hybridized carbons (Fsp3) is 0.421. The molecule has 0 aliphatic carbocycles. The molecule has 0 spiro atoms. The van der Waals surface area contributed by atoms with Crippen molar-refractivity contribution in [2.24, 2.45) is 0 Å². The molecule has 0 aromatic heterocycles. The maximum atomic E-state index is 12.5. The monoisotopic (exact) mass is 405 g/mol. The third-order valence-electron chi connectivity index (χ3n) is 4.21. The Labute approximate surface area is 167 Å². The highest BCUT2D eigenvalue weighted by Crippen LogP contribution is 2.24. The molecule has 10 heteroatoms. The van der Waals surface area contributed by atoms with Crippen LogP contribution in [0.2, 0.25) is 0 Å². The Bertz CT molecular complexity index is 835. The molecule has 0 bridgehead atoms. The number of rotatable bonds is 9. The number of methoxy groups -OCH3 is 1. The van der Waals surface area contributed by atoms with Gasteiger partial charge in [-0.15, -0.1) is 0 Å². The predicted octanol–water partition coefficient (Wildman–Crippen LogP) is -0.320. The van der Waals surface area contributed by atoms with Gasteiger partial charge in [-0.3, -0.25) is 24.1 Å². The van der Waals surface area contributed by atoms with Crippen molar-refractivity contribution in [1.29, 1.82) is 0 Å². The van der Waals surface area contributed by atoms with Gasteiger partial charge in [-0.2, -0.15) is 0 Å².